The number of piperidine rings is 1. The summed E-state index contributed by atoms with van der Waals surface area (Å²) in [6, 6.07) is 0.594. The molecule has 1 aromatic heterocycles. The van der Waals surface area contributed by atoms with Crippen LogP contribution in [0.1, 0.15) is 38.4 Å². The molecule has 0 spiro atoms. The molecule has 1 fully saturated rings. The van der Waals surface area contributed by atoms with Crippen LogP contribution in [0.3, 0.4) is 0 Å². The summed E-state index contributed by atoms with van der Waals surface area (Å²) in [6.45, 7) is 7.30. The Morgan fingerprint density at radius 2 is 2.33 bits per heavy atom. The highest BCUT2D eigenvalue weighted by Crippen LogP contribution is 2.13. The van der Waals surface area contributed by atoms with Crippen molar-refractivity contribution in [1.29, 1.82) is 0 Å². The van der Waals surface area contributed by atoms with Gasteiger partial charge in [-0.15, -0.1) is 0 Å². The second kappa shape index (κ2) is 6.29. The number of aromatic nitrogens is 2. The zero-order valence-electron chi connectivity index (χ0n) is 11.6. The van der Waals surface area contributed by atoms with Crippen LogP contribution < -0.4 is 5.32 Å². The Balaban J connectivity index is 1.86. The van der Waals surface area contributed by atoms with E-state index in [0.29, 0.717) is 12.0 Å². The number of likely N-dealkylation sites (tertiary alicyclic amines) is 1. The fourth-order valence-electron chi connectivity index (χ4n) is 2.43. The van der Waals surface area contributed by atoms with Crippen molar-refractivity contribution < 1.29 is 4.52 Å². The molecule has 1 N–H and O–H groups in total. The van der Waals surface area contributed by atoms with E-state index in [-0.39, 0.29) is 0 Å². The topological polar surface area (TPSA) is 54.2 Å². The molecule has 2 rings (SSSR count). The first-order chi connectivity index (χ1) is 8.67. The number of likely N-dealkylation sites (N-methyl/N-ethyl adjacent to an activating group) is 1. The van der Waals surface area contributed by atoms with Gasteiger partial charge < -0.3 is 9.84 Å². The summed E-state index contributed by atoms with van der Waals surface area (Å²) < 4.78 is 5.31. The third kappa shape index (κ3) is 3.78. The van der Waals surface area contributed by atoms with Crippen LogP contribution in [0.25, 0.3) is 0 Å². The van der Waals surface area contributed by atoms with E-state index in [1.54, 1.807) is 0 Å². The van der Waals surface area contributed by atoms with Crippen molar-refractivity contribution in [2.24, 2.45) is 5.92 Å². The van der Waals surface area contributed by atoms with Gasteiger partial charge in [0.2, 0.25) is 5.89 Å². The third-order valence-electron chi connectivity index (χ3n) is 3.37. The average molecular weight is 252 g/mol. The summed E-state index contributed by atoms with van der Waals surface area (Å²) in [5, 5.41) is 7.38. The van der Waals surface area contributed by atoms with Gasteiger partial charge in [-0.3, -0.25) is 4.90 Å². The van der Waals surface area contributed by atoms with Gasteiger partial charge >= 0.3 is 0 Å². The summed E-state index contributed by atoms with van der Waals surface area (Å²) in [7, 11) is 2.03. The maximum Gasteiger partial charge on any atom is 0.240 e. The van der Waals surface area contributed by atoms with E-state index in [4.69, 9.17) is 4.52 Å². The third-order valence-corrected chi connectivity index (χ3v) is 3.37. The van der Waals surface area contributed by atoms with E-state index in [9.17, 15) is 0 Å². The van der Waals surface area contributed by atoms with Crippen molar-refractivity contribution in [3.05, 3.63) is 11.7 Å². The lowest BCUT2D eigenvalue weighted by molar-refractivity contribution is 0.167. The molecule has 5 nitrogen and oxygen atoms in total. The first-order valence-electron chi connectivity index (χ1n) is 6.88. The summed E-state index contributed by atoms with van der Waals surface area (Å²) in [4.78, 5) is 6.84. The normalized spacial score (nSPS) is 21.7. The highest BCUT2D eigenvalue weighted by molar-refractivity contribution is 4.89. The molecular formula is C13H24N4O. The molecule has 0 saturated carbocycles. The van der Waals surface area contributed by atoms with Gasteiger partial charge in [0.1, 0.15) is 0 Å². The minimum atomic E-state index is 0.569. The first-order valence-corrected chi connectivity index (χ1v) is 6.88. The second-order valence-electron chi connectivity index (χ2n) is 5.57. The predicted octanol–water partition coefficient (Wildman–Crippen LogP) is 1.45. The van der Waals surface area contributed by atoms with Gasteiger partial charge in [-0.05, 0) is 32.4 Å². The van der Waals surface area contributed by atoms with Crippen molar-refractivity contribution in [3.8, 4) is 0 Å². The van der Waals surface area contributed by atoms with Crippen molar-refractivity contribution in [2.45, 2.75) is 45.7 Å². The molecule has 5 heteroatoms. The molecule has 102 valence electrons. The number of hydrogen-bond acceptors (Lipinski definition) is 5. The van der Waals surface area contributed by atoms with Crippen LogP contribution in [-0.2, 0) is 13.0 Å². The summed E-state index contributed by atoms with van der Waals surface area (Å²) in [5.74, 6) is 2.16. The van der Waals surface area contributed by atoms with Gasteiger partial charge in [0.25, 0.3) is 0 Å². The van der Waals surface area contributed by atoms with Crippen LogP contribution in [0.2, 0.25) is 0 Å². The Labute approximate surface area is 109 Å². The zero-order chi connectivity index (χ0) is 13.0. The Hall–Kier alpha value is -0.940. The smallest absolute Gasteiger partial charge is 0.240 e. The van der Waals surface area contributed by atoms with E-state index < -0.39 is 0 Å². The molecule has 2 heterocycles. The van der Waals surface area contributed by atoms with Gasteiger partial charge in [0, 0.05) is 19.0 Å². The highest BCUT2D eigenvalue weighted by Gasteiger charge is 2.20. The van der Waals surface area contributed by atoms with Crippen LogP contribution >= 0.6 is 0 Å². The lowest BCUT2D eigenvalue weighted by Gasteiger charge is -2.31. The van der Waals surface area contributed by atoms with Crippen LogP contribution in [0.4, 0.5) is 0 Å². The molecule has 1 unspecified atom stereocenters. The van der Waals surface area contributed by atoms with Gasteiger partial charge in [-0.1, -0.05) is 19.0 Å². The molecule has 1 saturated heterocycles. The fraction of sp³-hybridized carbons (Fsp3) is 0.846. The number of rotatable bonds is 5. The maximum absolute atomic E-state index is 5.31. The fourth-order valence-corrected chi connectivity index (χ4v) is 2.43. The van der Waals surface area contributed by atoms with Crippen LogP contribution in [0.15, 0.2) is 4.52 Å². The van der Waals surface area contributed by atoms with Crippen molar-refractivity contribution >= 4 is 0 Å². The van der Waals surface area contributed by atoms with Crippen molar-refractivity contribution in [1.82, 2.24) is 20.4 Å². The van der Waals surface area contributed by atoms with E-state index in [0.717, 1.165) is 37.8 Å². The molecule has 0 aliphatic carbocycles. The van der Waals surface area contributed by atoms with Gasteiger partial charge in [0.05, 0.1) is 6.54 Å². The summed E-state index contributed by atoms with van der Waals surface area (Å²) in [6.07, 6.45) is 3.39. The lowest BCUT2D eigenvalue weighted by atomic mass is 10.1. The second-order valence-corrected chi connectivity index (χ2v) is 5.57. The molecule has 0 bridgehead atoms. The van der Waals surface area contributed by atoms with Gasteiger partial charge in [0.15, 0.2) is 5.82 Å². The number of nitrogens with zero attached hydrogens (tertiary/aromatic N) is 3. The van der Waals surface area contributed by atoms with E-state index in [1.165, 1.54) is 12.8 Å². The Morgan fingerprint density at radius 3 is 3.06 bits per heavy atom. The monoisotopic (exact) mass is 252 g/mol. The van der Waals surface area contributed by atoms with Crippen molar-refractivity contribution in [2.75, 3.05) is 20.1 Å². The largest absolute Gasteiger partial charge is 0.338 e. The molecule has 0 radical (unpaired) electrons. The quantitative estimate of drug-likeness (QED) is 0.859. The number of hydrogen-bond donors (Lipinski definition) is 1. The van der Waals surface area contributed by atoms with Crippen molar-refractivity contribution in [3.63, 3.8) is 0 Å². The molecule has 0 aromatic carbocycles. The SMILES string of the molecule is CNC1CCCN(Cc2nc(CC(C)C)no2)C1. The number of nitrogens with one attached hydrogen (secondary N) is 1. The molecule has 1 aliphatic heterocycles. The Bertz CT molecular complexity index is 364. The average Bonchev–Trinajstić information content (AvgIpc) is 2.76. The lowest BCUT2D eigenvalue weighted by Crippen LogP contribution is -2.43. The minimum absolute atomic E-state index is 0.569. The molecule has 1 aliphatic rings. The maximum atomic E-state index is 5.31. The first kappa shape index (κ1) is 13.5. The minimum Gasteiger partial charge on any atom is -0.338 e. The molecule has 18 heavy (non-hydrogen) atoms. The predicted molar refractivity (Wildman–Crippen MR) is 70.2 cm³/mol. The molecule has 1 atom stereocenters. The summed E-state index contributed by atoms with van der Waals surface area (Å²) in [5.41, 5.74) is 0. The van der Waals surface area contributed by atoms with Gasteiger partial charge in [-0.25, -0.2) is 0 Å². The van der Waals surface area contributed by atoms with Gasteiger partial charge in [-0.2, -0.15) is 4.98 Å². The zero-order valence-corrected chi connectivity index (χ0v) is 11.6. The molecule has 1 aromatic rings. The molecular weight excluding hydrogens is 228 g/mol. The van der Waals surface area contributed by atoms with E-state index in [2.05, 4.69) is 34.2 Å². The van der Waals surface area contributed by atoms with Crippen LogP contribution in [0, 0.1) is 5.92 Å². The van der Waals surface area contributed by atoms with Crippen LogP contribution in [0.5, 0.6) is 0 Å². The Kier molecular flexibility index (Phi) is 4.72. The standard InChI is InChI=1S/C13H24N4O/c1-10(2)7-12-15-13(18-16-12)9-17-6-4-5-11(8-17)14-3/h10-11,14H,4-9H2,1-3H3. The summed E-state index contributed by atoms with van der Waals surface area (Å²) >= 11 is 0. The van der Waals surface area contributed by atoms with E-state index >= 15 is 0 Å². The van der Waals surface area contributed by atoms with Crippen LogP contribution in [-0.4, -0.2) is 41.2 Å². The highest BCUT2D eigenvalue weighted by atomic mass is 16.5. The Morgan fingerprint density at radius 1 is 1.50 bits per heavy atom. The molecule has 0 amide bonds. The van der Waals surface area contributed by atoms with E-state index in [1.807, 2.05) is 7.05 Å².